The summed E-state index contributed by atoms with van der Waals surface area (Å²) in [7, 11) is 0. The van der Waals surface area contributed by atoms with E-state index >= 15 is 0 Å². The Hall–Kier alpha value is -1.03. The molecule has 0 spiro atoms. The maximum Gasteiger partial charge on any atom is 0.142 e. The number of benzene rings is 2. The Morgan fingerprint density at radius 3 is 2.35 bits per heavy atom. The van der Waals surface area contributed by atoms with Crippen LogP contribution in [0.25, 0.3) is 0 Å². The van der Waals surface area contributed by atoms with Gasteiger partial charge in [0.2, 0.25) is 0 Å². The second-order valence-corrected chi connectivity index (χ2v) is 5.44. The van der Waals surface area contributed by atoms with E-state index < -0.39 is 17.7 Å². The Morgan fingerprint density at radius 1 is 1.00 bits per heavy atom. The van der Waals surface area contributed by atoms with E-state index in [9.17, 15) is 8.78 Å². The maximum absolute atomic E-state index is 13.5. The predicted octanol–water partition coefficient (Wildman–Crippen LogP) is 6.10. The first kappa shape index (κ1) is 15.4. The minimum absolute atomic E-state index is 0.0648. The van der Waals surface area contributed by atoms with Gasteiger partial charge in [0, 0.05) is 10.6 Å². The van der Waals surface area contributed by atoms with Crippen LogP contribution < -0.4 is 5.32 Å². The molecular formula is C14H10Cl3F2N. The third-order valence-corrected chi connectivity index (χ3v) is 3.86. The molecule has 0 heterocycles. The minimum atomic E-state index is -0.565. The van der Waals surface area contributed by atoms with Crippen molar-refractivity contribution in [3.8, 4) is 0 Å². The Morgan fingerprint density at radius 2 is 1.65 bits per heavy atom. The molecule has 0 aliphatic heterocycles. The standard InChI is InChI=1S/C14H10Cl3F2N/c1-7(13-10(16)4-5-11(19)14(13)17)20-12-6-8(18)2-3-9(12)15/h2-7,20H,1H3. The van der Waals surface area contributed by atoms with E-state index in [0.29, 0.717) is 21.3 Å². The first-order valence-electron chi connectivity index (χ1n) is 5.75. The van der Waals surface area contributed by atoms with Crippen molar-refractivity contribution in [2.24, 2.45) is 0 Å². The number of rotatable bonds is 3. The second kappa shape index (κ2) is 6.17. The van der Waals surface area contributed by atoms with E-state index in [-0.39, 0.29) is 5.02 Å². The number of hydrogen-bond donors (Lipinski definition) is 1. The van der Waals surface area contributed by atoms with Crippen LogP contribution in [0.3, 0.4) is 0 Å². The summed E-state index contributed by atoms with van der Waals surface area (Å²) in [6.07, 6.45) is 0. The Labute approximate surface area is 130 Å². The van der Waals surface area contributed by atoms with Crippen LogP contribution in [0.2, 0.25) is 15.1 Å². The van der Waals surface area contributed by atoms with Gasteiger partial charge in [-0.25, -0.2) is 8.78 Å². The smallest absolute Gasteiger partial charge is 0.142 e. The van der Waals surface area contributed by atoms with Gasteiger partial charge in [-0.1, -0.05) is 34.8 Å². The van der Waals surface area contributed by atoms with Gasteiger partial charge in [-0.2, -0.15) is 0 Å². The van der Waals surface area contributed by atoms with E-state index in [2.05, 4.69) is 5.32 Å². The first-order valence-corrected chi connectivity index (χ1v) is 6.88. The lowest BCUT2D eigenvalue weighted by Crippen LogP contribution is -2.09. The zero-order valence-corrected chi connectivity index (χ0v) is 12.6. The van der Waals surface area contributed by atoms with Crippen molar-refractivity contribution in [1.82, 2.24) is 0 Å². The van der Waals surface area contributed by atoms with Crippen LogP contribution in [-0.2, 0) is 0 Å². The average Bonchev–Trinajstić information content (AvgIpc) is 2.39. The molecule has 0 radical (unpaired) electrons. The van der Waals surface area contributed by atoms with Crippen LogP contribution in [0.5, 0.6) is 0 Å². The molecule has 0 aliphatic carbocycles. The molecule has 1 nitrogen and oxygen atoms in total. The number of hydrogen-bond acceptors (Lipinski definition) is 1. The molecule has 1 N–H and O–H groups in total. The highest BCUT2D eigenvalue weighted by Gasteiger charge is 2.18. The van der Waals surface area contributed by atoms with Crippen LogP contribution >= 0.6 is 34.8 Å². The van der Waals surface area contributed by atoms with Crippen LogP contribution in [0.1, 0.15) is 18.5 Å². The zero-order valence-electron chi connectivity index (χ0n) is 10.4. The molecule has 2 aromatic rings. The summed E-state index contributed by atoms with van der Waals surface area (Å²) < 4.78 is 26.7. The fourth-order valence-corrected chi connectivity index (χ4v) is 2.72. The van der Waals surface area contributed by atoms with Crippen LogP contribution in [0.15, 0.2) is 30.3 Å². The van der Waals surface area contributed by atoms with Crippen molar-refractivity contribution in [1.29, 1.82) is 0 Å². The minimum Gasteiger partial charge on any atom is -0.377 e. The summed E-state index contributed by atoms with van der Waals surface area (Å²) >= 11 is 17.9. The molecule has 0 amide bonds. The molecule has 1 atom stereocenters. The monoisotopic (exact) mass is 335 g/mol. The van der Waals surface area contributed by atoms with Crippen molar-refractivity contribution < 1.29 is 8.78 Å². The largest absolute Gasteiger partial charge is 0.377 e. The summed E-state index contributed by atoms with van der Waals surface area (Å²) in [4.78, 5) is 0. The Kier molecular flexibility index (Phi) is 4.74. The molecule has 0 aliphatic rings. The quantitative estimate of drug-likeness (QED) is 0.668. The van der Waals surface area contributed by atoms with Gasteiger partial charge < -0.3 is 5.32 Å². The average molecular weight is 337 g/mol. The van der Waals surface area contributed by atoms with Gasteiger partial charge in [-0.05, 0) is 37.3 Å². The van der Waals surface area contributed by atoms with Crippen LogP contribution in [-0.4, -0.2) is 0 Å². The first-order chi connectivity index (χ1) is 9.40. The fourth-order valence-electron chi connectivity index (χ4n) is 1.85. The SMILES string of the molecule is CC(Nc1cc(F)ccc1Cl)c1c(Cl)ccc(F)c1Cl. The number of anilines is 1. The summed E-state index contributed by atoms with van der Waals surface area (Å²) in [5, 5.41) is 3.58. The molecular weight excluding hydrogens is 327 g/mol. The van der Waals surface area contributed by atoms with Crippen molar-refractivity contribution in [3.05, 3.63) is 62.6 Å². The lowest BCUT2D eigenvalue weighted by Gasteiger charge is -2.19. The summed E-state index contributed by atoms with van der Waals surface area (Å²) in [6, 6.07) is 6.10. The molecule has 1 unspecified atom stereocenters. The highest BCUT2D eigenvalue weighted by molar-refractivity contribution is 6.36. The highest BCUT2D eigenvalue weighted by atomic mass is 35.5. The summed E-state index contributed by atoms with van der Waals surface area (Å²) in [5.74, 6) is -0.995. The van der Waals surface area contributed by atoms with Crippen molar-refractivity contribution >= 4 is 40.5 Å². The van der Waals surface area contributed by atoms with E-state index in [1.54, 1.807) is 6.92 Å². The third-order valence-electron chi connectivity index (χ3n) is 2.81. The van der Waals surface area contributed by atoms with Crippen molar-refractivity contribution in [3.63, 3.8) is 0 Å². The molecule has 0 saturated heterocycles. The third kappa shape index (κ3) is 3.17. The van der Waals surface area contributed by atoms with Crippen molar-refractivity contribution in [2.75, 3.05) is 5.32 Å². The zero-order chi connectivity index (χ0) is 14.9. The van der Waals surface area contributed by atoms with Gasteiger partial charge in [-0.15, -0.1) is 0 Å². The van der Waals surface area contributed by atoms with Crippen molar-refractivity contribution in [2.45, 2.75) is 13.0 Å². The lowest BCUT2D eigenvalue weighted by atomic mass is 10.1. The lowest BCUT2D eigenvalue weighted by molar-refractivity contribution is 0.623. The molecule has 0 fully saturated rings. The van der Waals surface area contributed by atoms with E-state index in [1.807, 2.05) is 0 Å². The number of halogens is 5. The van der Waals surface area contributed by atoms with Gasteiger partial charge in [0.1, 0.15) is 11.6 Å². The molecule has 2 aromatic carbocycles. The second-order valence-electron chi connectivity index (χ2n) is 4.25. The Bertz CT molecular complexity index is 647. The molecule has 20 heavy (non-hydrogen) atoms. The van der Waals surface area contributed by atoms with Gasteiger partial charge in [-0.3, -0.25) is 0 Å². The van der Waals surface area contributed by atoms with Crippen LogP contribution in [0, 0.1) is 11.6 Å². The molecule has 0 aromatic heterocycles. The van der Waals surface area contributed by atoms with E-state index in [4.69, 9.17) is 34.8 Å². The van der Waals surface area contributed by atoms with Gasteiger partial charge in [0.15, 0.2) is 0 Å². The van der Waals surface area contributed by atoms with Gasteiger partial charge in [0.25, 0.3) is 0 Å². The Balaban J connectivity index is 2.35. The summed E-state index contributed by atoms with van der Waals surface area (Å²) in [5.41, 5.74) is 0.782. The summed E-state index contributed by atoms with van der Waals surface area (Å²) in [6.45, 7) is 1.73. The van der Waals surface area contributed by atoms with Gasteiger partial charge in [0.05, 0.1) is 21.8 Å². The molecule has 0 saturated carbocycles. The number of nitrogens with one attached hydrogen (secondary N) is 1. The normalized spacial score (nSPS) is 12.3. The predicted molar refractivity (Wildman–Crippen MR) is 79.9 cm³/mol. The topological polar surface area (TPSA) is 12.0 Å². The van der Waals surface area contributed by atoms with Crippen LogP contribution in [0.4, 0.5) is 14.5 Å². The highest BCUT2D eigenvalue weighted by Crippen LogP contribution is 2.35. The van der Waals surface area contributed by atoms with E-state index in [0.717, 1.165) is 0 Å². The fraction of sp³-hybridized carbons (Fsp3) is 0.143. The maximum atomic E-state index is 13.5. The molecule has 106 valence electrons. The molecule has 2 rings (SSSR count). The molecule has 6 heteroatoms. The molecule has 0 bridgehead atoms. The van der Waals surface area contributed by atoms with Gasteiger partial charge >= 0.3 is 0 Å². The van der Waals surface area contributed by atoms with E-state index in [1.165, 1.54) is 30.3 Å².